The number of aryl methyl sites for hydroxylation is 1. The summed E-state index contributed by atoms with van der Waals surface area (Å²) < 4.78 is 1.80. The van der Waals surface area contributed by atoms with Crippen molar-refractivity contribution in [1.82, 2.24) is 19.7 Å². The molecule has 0 radical (unpaired) electrons. The number of anilines is 1. The molecule has 3 rings (SSSR count). The molecule has 0 saturated carbocycles. The van der Waals surface area contributed by atoms with Crippen LogP contribution in [0.2, 0.25) is 0 Å². The number of nitrogen functional groups attached to an aromatic ring is 1. The highest BCUT2D eigenvalue weighted by Gasteiger charge is 2.08. The van der Waals surface area contributed by atoms with Gasteiger partial charge in [0.15, 0.2) is 5.82 Å². The van der Waals surface area contributed by atoms with Crippen molar-refractivity contribution >= 4 is 16.7 Å². The first-order chi connectivity index (χ1) is 9.28. The van der Waals surface area contributed by atoms with Crippen LogP contribution >= 0.6 is 0 Å². The zero-order chi connectivity index (χ0) is 13.2. The molecule has 2 heterocycles. The van der Waals surface area contributed by atoms with E-state index in [2.05, 4.69) is 22.0 Å². The lowest BCUT2D eigenvalue weighted by atomic mass is 10.2. The fourth-order valence-electron chi connectivity index (χ4n) is 2.10. The summed E-state index contributed by atoms with van der Waals surface area (Å²) in [6.07, 6.45) is 3.63. The first-order valence-electron chi connectivity index (χ1n) is 6.34. The number of para-hydroxylation sites is 1. The number of aromatic nitrogens is 4. The second-order valence-corrected chi connectivity index (χ2v) is 4.43. The maximum Gasteiger partial charge on any atom is 0.159 e. The molecule has 0 aliphatic carbocycles. The minimum atomic E-state index is 0.480. The van der Waals surface area contributed by atoms with Crippen LogP contribution in [0.3, 0.4) is 0 Å². The van der Waals surface area contributed by atoms with Gasteiger partial charge in [0, 0.05) is 17.9 Å². The first-order valence-corrected chi connectivity index (χ1v) is 6.34. The zero-order valence-corrected chi connectivity index (χ0v) is 10.7. The third kappa shape index (κ3) is 2.14. The molecular weight excluding hydrogens is 238 g/mol. The van der Waals surface area contributed by atoms with Gasteiger partial charge in [-0.3, -0.25) is 0 Å². The summed E-state index contributed by atoms with van der Waals surface area (Å²) in [5.74, 6) is 1.96. The summed E-state index contributed by atoms with van der Waals surface area (Å²) in [4.78, 5) is 8.76. The standard InChI is InChI=1S/C14H15N5/c1-2-5-13-17-12(15)8-14(18-13)19-11-7-4-3-6-10(11)9-16-19/h3-4,6-9H,2,5H2,1H3,(H2,15,17,18). The van der Waals surface area contributed by atoms with Crippen LogP contribution in [-0.4, -0.2) is 19.7 Å². The highest BCUT2D eigenvalue weighted by Crippen LogP contribution is 2.17. The highest BCUT2D eigenvalue weighted by atomic mass is 15.3. The van der Waals surface area contributed by atoms with Crippen molar-refractivity contribution < 1.29 is 0 Å². The van der Waals surface area contributed by atoms with Gasteiger partial charge < -0.3 is 5.73 Å². The van der Waals surface area contributed by atoms with Gasteiger partial charge in [-0.25, -0.2) is 14.6 Å². The van der Waals surface area contributed by atoms with Crippen molar-refractivity contribution in [2.45, 2.75) is 19.8 Å². The van der Waals surface area contributed by atoms with Crippen LogP contribution in [0.25, 0.3) is 16.7 Å². The van der Waals surface area contributed by atoms with Crippen LogP contribution in [0, 0.1) is 0 Å². The summed E-state index contributed by atoms with van der Waals surface area (Å²) in [7, 11) is 0. The van der Waals surface area contributed by atoms with Gasteiger partial charge in [0.05, 0.1) is 11.7 Å². The fraction of sp³-hybridized carbons (Fsp3) is 0.214. The van der Waals surface area contributed by atoms with Crippen molar-refractivity contribution in [1.29, 1.82) is 0 Å². The predicted molar refractivity (Wildman–Crippen MR) is 75.1 cm³/mol. The van der Waals surface area contributed by atoms with Gasteiger partial charge in [0.1, 0.15) is 11.6 Å². The van der Waals surface area contributed by atoms with E-state index in [0.29, 0.717) is 5.82 Å². The molecule has 0 spiro atoms. The molecule has 0 bridgehead atoms. The number of fused-ring (bicyclic) bond motifs is 1. The molecule has 5 nitrogen and oxygen atoms in total. The lowest BCUT2D eigenvalue weighted by Gasteiger charge is -2.06. The summed E-state index contributed by atoms with van der Waals surface area (Å²) in [6, 6.07) is 9.76. The van der Waals surface area contributed by atoms with E-state index in [4.69, 9.17) is 5.73 Å². The lowest BCUT2D eigenvalue weighted by molar-refractivity contribution is 0.798. The summed E-state index contributed by atoms with van der Waals surface area (Å²) >= 11 is 0. The van der Waals surface area contributed by atoms with Crippen molar-refractivity contribution in [2.24, 2.45) is 0 Å². The SMILES string of the molecule is CCCc1nc(N)cc(-n2ncc3ccccc32)n1. The molecule has 96 valence electrons. The van der Waals surface area contributed by atoms with Gasteiger partial charge in [0.25, 0.3) is 0 Å². The van der Waals surface area contributed by atoms with Crippen LogP contribution < -0.4 is 5.73 Å². The number of hydrogen-bond donors (Lipinski definition) is 1. The third-order valence-corrected chi connectivity index (χ3v) is 2.95. The Labute approximate surface area is 111 Å². The quantitative estimate of drug-likeness (QED) is 0.777. The van der Waals surface area contributed by atoms with E-state index in [-0.39, 0.29) is 0 Å². The maximum atomic E-state index is 5.85. The molecule has 2 N–H and O–H groups in total. The van der Waals surface area contributed by atoms with Gasteiger partial charge in [-0.2, -0.15) is 5.10 Å². The fourth-order valence-corrected chi connectivity index (χ4v) is 2.10. The van der Waals surface area contributed by atoms with Crippen LogP contribution in [0.5, 0.6) is 0 Å². The number of nitrogens with two attached hydrogens (primary N) is 1. The minimum Gasteiger partial charge on any atom is -0.384 e. The molecule has 2 aromatic heterocycles. The molecule has 0 fully saturated rings. The smallest absolute Gasteiger partial charge is 0.159 e. The molecule has 0 unspecified atom stereocenters. The molecule has 0 saturated heterocycles. The van der Waals surface area contributed by atoms with Crippen molar-refractivity contribution in [3.8, 4) is 5.82 Å². The highest BCUT2D eigenvalue weighted by molar-refractivity contribution is 5.79. The van der Waals surface area contributed by atoms with Gasteiger partial charge in [0.2, 0.25) is 0 Å². The van der Waals surface area contributed by atoms with Crippen LogP contribution in [-0.2, 0) is 6.42 Å². The predicted octanol–water partition coefficient (Wildman–Crippen LogP) is 2.35. The Morgan fingerprint density at radius 3 is 2.89 bits per heavy atom. The number of hydrogen-bond acceptors (Lipinski definition) is 4. The molecule has 0 atom stereocenters. The lowest BCUT2D eigenvalue weighted by Crippen LogP contribution is -2.06. The topological polar surface area (TPSA) is 69.6 Å². The van der Waals surface area contributed by atoms with E-state index in [1.54, 1.807) is 10.7 Å². The molecule has 0 aliphatic rings. The summed E-state index contributed by atoms with van der Waals surface area (Å²) in [5.41, 5.74) is 6.86. The Morgan fingerprint density at radius 1 is 1.21 bits per heavy atom. The summed E-state index contributed by atoms with van der Waals surface area (Å²) in [6.45, 7) is 2.09. The molecule has 5 heteroatoms. The monoisotopic (exact) mass is 253 g/mol. The van der Waals surface area contributed by atoms with E-state index >= 15 is 0 Å². The largest absolute Gasteiger partial charge is 0.384 e. The van der Waals surface area contributed by atoms with E-state index in [1.807, 2.05) is 30.5 Å². The molecule has 0 amide bonds. The van der Waals surface area contributed by atoms with E-state index in [1.165, 1.54) is 0 Å². The van der Waals surface area contributed by atoms with E-state index in [0.717, 1.165) is 35.4 Å². The van der Waals surface area contributed by atoms with E-state index in [9.17, 15) is 0 Å². The van der Waals surface area contributed by atoms with Gasteiger partial charge >= 0.3 is 0 Å². The van der Waals surface area contributed by atoms with Crippen LogP contribution in [0.4, 0.5) is 5.82 Å². The second kappa shape index (κ2) is 4.68. The molecular formula is C14H15N5. The molecule has 3 aromatic rings. The Morgan fingerprint density at radius 2 is 2.05 bits per heavy atom. The van der Waals surface area contributed by atoms with Crippen LogP contribution in [0.1, 0.15) is 19.2 Å². The Hall–Kier alpha value is -2.43. The Balaban J connectivity index is 2.15. The third-order valence-electron chi connectivity index (χ3n) is 2.95. The molecule has 1 aromatic carbocycles. The number of nitrogens with zero attached hydrogens (tertiary/aromatic N) is 4. The molecule has 19 heavy (non-hydrogen) atoms. The van der Waals surface area contributed by atoms with Gasteiger partial charge in [-0.15, -0.1) is 0 Å². The summed E-state index contributed by atoms with van der Waals surface area (Å²) in [5, 5.41) is 5.46. The minimum absolute atomic E-state index is 0.480. The Bertz CT molecular complexity index is 717. The van der Waals surface area contributed by atoms with Crippen molar-refractivity contribution in [3.63, 3.8) is 0 Å². The Kier molecular flexibility index (Phi) is 2.87. The zero-order valence-electron chi connectivity index (χ0n) is 10.7. The van der Waals surface area contributed by atoms with E-state index < -0.39 is 0 Å². The second-order valence-electron chi connectivity index (χ2n) is 4.43. The first kappa shape index (κ1) is 11.6. The van der Waals surface area contributed by atoms with Gasteiger partial charge in [-0.1, -0.05) is 25.1 Å². The maximum absolute atomic E-state index is 5.85. The molecule has 0 aliphatic heterocycles. The van der Waals surface area contributed by atoms with Crippen molar-refractivity contribution in [3.05, 3.63) is 42.4 Å². The average molecular weight is 253 g/mol. The number of benzene rings is 1. The van der Waals surface area contributed by atoms with Gasteiger partial charge in [-0.05, 0) is 12.5 Å². The van der Waals surface area contributed by atoms with Crippen LogP contribution in [0.15, 0.2) is 36.5 Å². The average Bonchev–Trinajstić information content (AvgIpc) is 2.82. The van der Waals surface area contributed by atoms with Crippen molar-refractivity contribution in [2.75, 3.05) is 5.73 Å². The normalized spacial score (nSPS) is 11.0. The number of rotatable bonds is 3.